The molecule has 0 atom stereocenters. The van der Waals surface area contributed by atoms with E-state index in [1.807, 2.05) is 0 Å². The highest BCUT2D eigenvalue weighted by Gasteiger charge is 2.15. The van der Waals surface area contributed by atoms with E-state index in [4.69, 9.17) is 10.2 Å². The summed E-state index contributed by atoms with van der Waals surface area (Å²) in [5, 5.41) is 17.1. The van der Waals surface area contributed by atoms with E-state index in [0.29, 0.717) is 37.2 Å². The number of nitrogens with zero attached hydrogens (tertiary/aromatic N) is 2. The van der Waals surface area contributed by atoms with Crippen molar-refractivity contribution in [2.45, 2.75) is 38.5 Å². The first-order valence-corrected chi connectivity index (χ1v) is 8.35. The standard InChI is InChI=1S/2C8H15NO2/c2*10-7-1-4-9-5-2-8(11)3-6-9/h2*10H,1-7H2. The summed E-state index contributed by atoms with van der Waals surface area (Å²) < 4.78 is 0. The zero-order chi connectivity index (χ0) is 16.2. The molecule has 128 valence electrons. The Hall–Kier alpha value is -0.820. The van der Waals surface area contributed by atoms with Gasteiger partial charge < -0.3 is 20.0 Å². The average molecular weight is 314 g/mol. The number of hydrogen-bond donors (Lipinski definition) is 2. The van der Waals surface area contributed by atoms with Crippen LogP contribution in [0.5, 0.6) is 0 Å². The van der Waals surface area contributed by atoms with Gasteiger partial charge in [0.25, 0.3) is 0 Å². The Morgan fingerprint density at radius 2 is 1.00 bits per heavy atom. The van der Waals surface area contributed by atoms with Crippen molar-refractivity contribution in [2.24, 2.45) is 0 Å². The van der Waals surface area contributed by atoms with Crippen molar-refractivity contribution in [1.29, 1.82) is 0 Å². The van der Waals surface area contributed by atoms with E-state index >= 15 is 0 Å². The molecule has 0 saturated carbocycles. The summed E-state index contributed by atoms with van der Waals surface area (Å²) >= 11 is 0. The number of Topliss-reactive ketones (excluding diaryl/α,β-unsaturated/α-hetero) is 2. The molecule has 2 aliphatic rings. The van der Waals surface area contributed by atoms with Gasteiger partial charge in [0, 0.05) is 78.2 Å². The summed E-state index contributed by atoms with van der Waals surface area (Å²) in [5.74, 6) is 0.760. The molecule has 2 heterocycles. The molecular weight excluding hydrogens is 284 g/mol. The Morgan fingerprint density at radius 1 is 0.682 bits per heavy atom. The van der Waals surface area contributed by atoms with Crippen molar-refractivity contribution in [1.82, 2.24) is 9.80 Å². The molecule has 0 bridgehead atoms. The second kappa shape index (κ2) is 11.7. The first-order chi connectivity index (χ1) is 10.7. The van der Waals surface area contributed by atoms with E-state index in [2.05, 4.69) is 9.80 Å². The first-order valence-electron chi connectivity index (χ1n) is 8.35. The molecule has 0 spiro atoms. The SMILES string of the molecule is O=C1CCN(CCCO)CC1.O=C1CCN(CCCO)CC1. The summed E-state index contributed by atoms with van der Waals surface area (Å²) in [7, 11) is 0. The van der Waals surface area contributed by atoms with Gasteiger partial charge in [-0.15, -0.1) is 0 Å². The van der Waals surface area contributed by atoms with Crippen molar-refractivity contribution in [2.75, 3.05) is 52.5 Å². The minimum Gasteiger partial charge on any atom is -0.396 e. The lowest BCUT2D eigenvalue weighted by Crippen LogP contribution is -2.34. The number of aliphatic hydroxyl groups excluding tert-OH is 2. The molecule has 2 saturated heterocycles. The van der Waals surface area contributed by atoms with Gasteiger partial charge in [-0.25, -0.2) is 0 Å². The molecule has 0 aliphatic carbocycles. The molecule has 2 fully saturated rings. The average Bonchev–Trinajstić information content (AvgIpc) is 2.54. The van der Waals surface area contributed by atoms with Crippen LogP contribution in [-0.4, -0.2) is 84.1 Å². The maximum atomic E-state index is 10.8. The number of ketones is 2. The monoisotopic (exact) mass is 314 g/mol. The molecule has 0 radical (unpaired) electrons. The molecule has 2 rings (SSSR count). The normalized spacial score (nSPS) is 20.6. The quantitative estimate of drug-likeness (QED) is 0.722. The van der Waals surface area contributed by atoms with Gasteiger partial charge in [0.15, 0.2) is 0 Å². The number of rotatable bonds is 6. The number of piperidine rings is 2. The van der Waals surface area contributed by atoms with E-state index in [0.717, 1.165) is 52.1 Å². The van der Waals surface area contributed by atoms with Gasteiger partial charge in [0.2, 0.25) is 0 Å². The summed E-state index contributed by atoms with van der Waals surface area (Å²) in [4.78, 5) is 26.1. The van der Waals surface area contributed by atoms with Crippen molar-refractivity contribution < 1.29 is 19.8 Å². The second-order valence-corrected chi connectivity index (χ2v) is 5.91. The lowest BCUT2D eigenvalue weighted by atomic mass is 10.1. The van der Waals surface area contributed by atoms with Crippen molar-refractivity contribution in [3.05, 3.63) is 0 Å². The zero-order valence-electron chi connectivity index (χ0n) is 13.5. The summed E-state index contributed by atoms with van der Waals surface area (Å²) in [5.41, 5.74) is 0. The Balaban J connectivity index is 0.000000220. The maximum Gasteiger partial charge on any atom is 0.135 e. The minimum absolute atomic E-state index is 0.254. The number of carbonyl (C=O) groups is 2. The molecule has 6 heteroatoms. The van der Waals surface area contributed by atoms with Crippen molar-refractivity contribution in [3.8, 4) is 0 Å². The molecule has 0 aromatic heterocycles. The van der Waals surface area contributed by atoms with Crippen LogP contribution in [0.4, 0.5) is 0 Å². The second-order valence-electron chi connectivity index (χ2n) is 5.91. The van der Waals surface area contributed by atoms with E-state index in [9.17, 15) is 9.59 Å². The van der Waals surface area contributed by atoms with Crippen LogP contribution in [0, 0.1) is 0 Å². The third-order valence-corrected chi connectivity index (χ3v) is 4.09. The summed E-state index contributed by atoms with van der Waals surface area (Å²) in [6, 6.07) is 0. The van der Waals surface area contributed by atoms with Gasteiger partial charge >= 0.3 is 0 Å². The number of likely N-dealkylation sites (tertiary alicyclic amines) is 2. The number of aliphatic hydroxyl groups is 2. The lowest BCUT2D eigenvalue weighted by molar-refractivity contribution is -0.122. The fourth-order valence-corrected chi connectivity index (χ4v) is 2.64. The molecular formula is C16H30N2O4. The third-order valence-electron chi connectivity index (χ3n) is 4.09. The zero-order valence-corrected chi connectivity index (χ0v) is 13.5. The van der Waals surface area contributed by atoms with Crippen LogP contribution in [0.15, 0.2) is 0 Å². The maximum absolute atomic E-state index is 10.8. The van der Waals surface area contributed by atoms with Crippen molar-refractivity contribution in [3.63, 3.8) is 0 Å². The molecule has 22 heavy (non-hydrogen) atoms. The Labute approximate surface area is 133 Å². The van der Waals surface area contributed by atoms with Gasteiger partial charge in [-0.1, -0.05) is 0 Å². The Morgan fingerprint density at radius 3 is 1.27 bits per heavy atom. The summed E-state index contributed by atoms with van der Waals surface area (Å²) in [6.07, 6.45) is 4.45. The largest absolute Gasteiger partial charge is 0.396 e. The molecule has 2 aliphatic heterocycles. The molecule has 6 nitrogen and oxygen atoms in total. The third kappa shape index (κ3) is 8.58. The predicted octanol–water partition coefficient (Wildman–Crippen LogP) is 0.0674. The predicted molar refractivity (Wildman–Crippen MR) is 84.8 cm³/mol. The Kier molecular flexibility index (Phi) is 10.2. The Bertz CT molecular complexity index is 284. The fourth-order valence-electron chi connectivity index (χ4n) is 2.64. The highest BCUT2D eigenvalue weighted by atomic mass is 16.3. The minimum atomic E-state index is 0.254. The highest BCUT2D eigenvalue weighted by molar-refractivity contribution is 5.79. The van der Waals surface area contributed by atoms with Crippen LogP contribution in [0.25, 0.3) is 0 Å². The molecule has 0 amide bonds. The summed E-state index contributed by atoms with van der Waals surface area (Å²) in [6.45, 7) is 5.93. The van der Waals surface area contributed by atoms with E-state index in [-0.39, 0.29) is 13.2 Å². The van der Waals surface area contributed by atoms with E-state index in [1.54, 1.807) is 0 Å². The number of hydrogen-bond acceptors (Lipinski definition) is 6. The topological polar surface area (TPSA) is 81.1 Å². The van der Waals surface area contributed by atoms with Crippen LogP contribution in [0.2, 0.25) is 0 Å². The first kappa shape index (κ1) is 19.2. The van der Waals surface area contributed by atoms with Gasteiger partial charge in [-0.3, -0.25) is 9.59 Å². The van der Waals surface area contributed by atoms with Crippen LogP contribution in [-0.2, 0) is 9.59 Å². The molecule has 0 aromatic rings. The van der Waals surface area contributed by atoms with Crippen LogP contribution in [0.3, 0.4) is 0 Å². The van der Waals surface area contributed by atoms with Crippen molar-refractivity contribution >= 4 is 11.6 Å². The highest BCUT2D eigenvalue weighted by Crippen LogP contribution is 2.06. The van der Waals surface area contributed by atoms with Crippen LogP contribution < -0.4 is 0 Å². The van der Waals surface area contributed by atoms with Gasteiger partial charge in [-0.2, -0.15) is 0 Å². The fraction of sp³-hybridized carbons (Fsp3) is 0.875. The number of carbonyl (C=O) groups excluding carboxylic acids is 2. The van der Waals surface area contributed by atoms with Gasteiger partial charge in [0.1, 0.15) is 11.6 Å². The van der Waals surface area contributed by atoms with Gasteiger partial charge in [0.05, 0.1) is 0 Å². The van der Waals surface area contributed by atoms with E-state index in [1.165, 1.54) is 0 Å². The van der Waals surface area contributed by atoms with Crippen LogP contribution >= 0.6 is 0 Å². The molecule has 0 unspecified atom stereocenters. The molecule has 2 N–H and O–H groups in total. The lowest BCUT2D eigenvalue weighted by Gasteiger charge is -2.25. The smallest absolute Gasteiger partial charge is 0.135 e. The van der Waals surface area contributed by atoms with E-state index < -0.39 is 0 Å². The van der Waals surface area contributed by atoms with Gasteiger partial charge in [-0.05, 0) is 12.8 Å². The van der Waals surface area contributed by atoms with Crippen LogP contribution in [0.1, 0.15) is 38.5 Å². The molecule has 0 aromatic carbocycles.